The van der Waals surface area contributed by atoms with Crippen molar-refractivity contribution in [2.45, 2.75) is 32.9 Å². The molecule has 4 aromatic carbocycles. The second-order valence-electron chi connectivity index (χ2n) is 9.74. The van der Waals surface area contributed by atoms with Crippen molar-refractivity contribution in [1.29, 1.82) is 0 Å². The first-order valence-corrected chi connectivity index (χ1v) is 15.2. The van der Waals surface area contributed by atoms with Gasteiger partial charge in [0.15, 0.2) is 0 Å². The number of fused-ring (bicyclic) bond motifs is 2. The monoisotopic (exact) mass is 598 g/mol. The van der Waals surface area contributed by atoms with Crippen molar-refractivity contribution in [3.05, 3.63) is 144 Å². The molecule has 0 bridgehead atoms. The molecule has 0 saturated heterocycles. The predicted octanol–water partition coefficient (Wildman–Crippen LogP) is 2.55. The van der Waals surface area contributed by atoms with E-state index in [2.05, 4.69) is 135 Å². The minimum Gasteiger partial charge on any atom is -1.00 e. The maximum Gasteiger partial charge on any atom is -1.00 e. The van der Waals surface area contributed by atoms with Crippen molar-refractivity contribution in [2.75, 3.05) is 0 Å². The fourth-order valence-corrected chi connectivity index (χ4v) is 10.9. The molecule has 0 spiro atoms. The Bertz CT molecular complexity index is 1420. The summed E-state index contributed by atoms with van der Waals surface area (Å²) in [6, 6.07) is 27.7. The molecule has 0 amide bonds. The summed E-state index contributed by atoms with van der Waals surface area (Å²) in [5.41, 5.74) is 5.84. The van der Waals surface area contributed by atoms with Crippen molar-refractivity contribution in [3.8, 4) is 0 Å². The molecule has 0 heterocycles. The zero-order valence-electron chi connectivity index (χ0n) is 21.2. The van der Waals surface area contributed by atoms with Gasteiger partial charge in [0.25, 0.3) is 0 Å². The molecule has 0 atom stereocenters. The molecule has 0 aromatic heterocycles. The summed E-state index contributed by atoms with van der Waals surface area (Å²) in [5.74, 6) is 0. The van der Waals surface area contributed by atoms with Crippen LogP contribution in [-0.4, -0.2) is 0 Å². The molecule has 0 nitrogen and oxygen atoms in total. The molecule has 0 fully saturated rings. The van der Waals surface area contributed by atoms with Crippen molar-refractivity contribution in [2.24, 2.45) is 0 Å². The third-order valence-corrected chi connectivity index (χ3v) is 12.6. The van der Waals surface area contributed by atoms with Gasteiger partial charge in [-0.1, -0.05) is 0 Å². The zero-order valence-corrected chi connectivity index (χ0v) is 25.2. The molecule has 0 unspecified atom stereocenters. The Hall–Kier alpha value is -2.18. The van der Waals surface area contributed by atoms with E-state index in [4.69, 9.17) is 0 Å². The molecule has 6 rings (SSSR count). The number of rotatable bonds is 6. The number of halogens is 2. The summed E-state index contributed by atoms with van der Waals surface area (Å²) in [7, 11) is 0. The molecule has 2 aliphatic rings. The minimum atomic E-state index is -1.22. The van der Waals surface area contributed by atoms with Crippen LogP contribution in [0.4, 0.5) is 0 Å². The topological polar surface area (TPSA) is 0 Å². The molecule has 0 aliphatic heterocycles. The van der Waals surface area contributed by atoms with Gasteiger partial charge < -0.3 is 24.8 Å². The number of benzene rings is 4. The van der Waals surface area contributed by atoms with E-state index in [0.29, 0.717) is 0 Å². The van der Waals surface area contributed by atoms with Crippen LogP contribution in [0, 0.1) is 0 Å². The van der Waals surface area contributed by atoms with Crippen LogP contribution in [-0.2, 0) is 42.3 Å². The average Bonchev–Trinajstić information content (AvgIpc) is 3.58. The second-order valence-corrected chi connectivity index (χ2v) is 14.4. The van der Waals surface area contributed by atoms with Crippen LogP contribution in [0.1, 0.15) is 36.1 Å². The number of hydrogen-bond donors (Lipinski definition) is 0. The van der Waals surface area contributed by atoms with Gasteiger partial charge >= 0.3 is 221 Å². The fraction of sp³-hybridized carbons (Fsp3) is 0.176. The molecular weight excluding hydrogens is 571 g/mol. The number of allylic oxidation sites excluding steroid dienone is 8. The molecule has 0 radical (unpaired) electrons. The summed E-state index contributed by atoms with van der Waals surface area (Å²) in [5, 5.41) is 5.52. The van der Waals surface area contributed by atoms with Crippen LogP contribution in [0.3, 0.4) is 0 Å². The average molecular weight is 601 g/mol. The van der Waals surface area contributed by atoms with E-state index in [1.54, 1.807) is 0 Å². The maximum atomic E-state index is 2.51. The van der Waals surface area contributed by atoms with Crippen molar-refractivity contribution >= 4 is 21.5 Å². The van der Waals surface area contributed by atoms with Gasteiger partial charge in [-0.3, -0.25) is 0 Å². The van der Waals surface area contributed by atoms with Crippen LogP contribution in [0.15, 0.2) is 121 Å². The van der Waals surface area contributed by atoms with Gasteiger partial charge in [0.1, 0.15) is 0 Å². The summed E-state index contributed by atoms with van der Waals surface area (Å²) < 4.78 is -0.00697. The minimum absolute atomic E-state index is 0. The van der Waals surface area contributed by atoms with Crippen LogP contribution < -0.4 is 24.8 Å². The first kappa shape index (κ1) is 27.8. The van der Waals surface area contributed by atoms with Crippen molar-refractivity contribution < 1.29 is 48.0 Å². The van der Waals surface area contributed by atoms with Gasteiger partial charge in [-0.15, -0.1) is 0 Å². The standard InChI is InChI=1S/2C17H15.2ClH.Zr/c2*1-2-13-11-15-9-5-6-10-16(15)17(12-13)14-7-3-4-8-14;;;/h2*3-12H,2H2,1H3;2*1H;/q;;;;+2/p-2. The first-order valence-electron chi connectivity index (χ1n) is 12.7. The van der Waals surface area contributed by atoms with Gasteiger partial charge in [-0.2, -0.15) is 0 Å². The quantitative estimate of drug-likeness (QED) is 0.319. The maximum absolute atomic E-state index is 2.51. The van der Waals surface area contributed by atoms with Gasteiger partial charge in [-0.05, 0) is 0 Å². The Kier molecular flexibility index (Phi) is 8.49. The summed E-state index contributed by atoms with van der Waals surface area (Å²) >= 11 is -1.22. The predicted molar refractivity (Wildman–Crippen MR) is 147 cm³/mol. The second kappa shape index (κ2) is 11.3. The van der Waals surface area contributed by atoms with Crippen molar-refractivity contribution in [3.63, 3.8) is 0 Å². The Balaban J connectivity index is 0.00000160. The van der Waals surface area contributed by atoms with E-state index in [9.17, 15) is 0 Å². The Morgan fingerprint density at radius 1 is 0.541 bits per heavy atom. The molecule has 0 saturated carbocycles. The zero-order chi connectivity index (χ0) is 23.9. The summed E-state index contributed by atoms with van der Waals surface area (Å²) in [6.07, 6.45) is 21.3. The molecule has 4 aromatic rings. The van der Waals surface area contributed by atoms with Crippen LogP contribution >= 0.6 is 0 Å². The van der Waals surface area contributed by atoms with E-state index in [0.717, 1.165) is 12.8 Å². The van der Waals surface area contributed by atoms with E-state index >= 15 is 0 Å². The summed E-state index contributed by atoms with van der Waals surface area (Å²) in [4.78, 5) is 0. The molecule has 3 heteroatoms. The van der Waals surface area contributed by atoms with Crippen LogP contribution in [0.25, 0.3) is 21.5 Å². The van der Waals surface area contributed by atoms with E-state index in [-0.39, 0.29) is 31.1 Å². The molecule has 0 N–H and O–H groups in total. The third-order valence-electron chi connectivity index (χ3n) is 7.62. The Morgan fingerprint density at radius 3 is 1.30 bits per heavy atom. The molecular formula is C34H30Cl2Zr. The normalized spacial score (nSPS) is 16.1. The van der Waals surface area contributed by atoms with Crippen LogP contribution in [0.2, 0.25) is 0 Å². The third kappa shape index (κ3) is 4.87. The SMILES string of the molecule is CCc1cc([C]2([Zr+2][C]3(c4cc(CC)cc5ccccc45)C=CC=C3)C=CC=C2)c2ccccc2c1.[Cl-].[Cl-]. The smallest absolute Gasteiger partial charge is 1.00 e. The first-order chi connectivity index (χ1) is 17.2. The van der Waals surface area contributed by atoms with E-state index in [1.807, 2.05) is 0 Å². The fourth-order valence-electron chi connectivity index (χ4n) is 5.78. The van der Waals surface area contributed by atoms with Gasteiger partial charge in [0.05, 0.1) is 0 Å². The van der Waals surface area contributed by atoms with Gasteiger partial charge in [0, 0.05) is 0 Å². The largest absolute Gasteiger partial charge is 1.00 e. The number of aryl methyl sites for hydroxylation is 2. The van der Waals surface area contributed by atoms with E-state index < -0.39 is 23.2 Å². The van der Waals surface area contributed by atoms with Crippen molar-refractivity contribution in [1.82, 2.24) is 0 Å². The Labute approximate surface area is 244 Å². The van der Waals surface area contributed by atoms with Gasteiger partial charge in [0.2, 0.25) is 0 Å². The Morgan fingerprint density at radius 2 is 0.919 bits per heavy atom. The van der Waals surface area contributed by atoms with E-state index in [1.165, 1.54) is 43.8 Å². The van der Waals surface area contributed by atoms with Crippen LogP contribution in [0.5, 0.6) is 0 Å². The molecule has 2 aliphatic carbocycles. The number of hydrogen-bond acceptors (Lipinski definition) is 0. The molecule has 184 valence electrons. The summed E-state index contributed by atoms with van der Waals surface area (Å²) in [6.45, 7) is 4.54. The molecule has 37 heavy (non-hydrogen) atoms. The van der Waals surface area contributed by atoms with Gasteiger partial charge in [-0.25, -0.2) is 0 Å².